The highest BCUT2D eigenvalue weighted by Crippen LogP contribution is 1.93. The van der Waals surface area contributed by atoms with E-state index in [4.69, 9.17) is 10.2 Å². The molecule has 0 bridgehead atoms. The quantitative estimate of drug-likeness (QED) is 0.488. The van der Waals surface area contributed by atoms with Gasteiger partial charge >= 0.3 is 5.97 Å². The van der Waals surface area contributed by atoms with Crippen molar-refractivity contribution in [2.24, 2.45) is 5.92 Å². The zero-order valence-corrected chi connectivity index (χ0v) is 7.07. The van der Waals surface area contributed by atoms with Crippen LogP contribution in [0.3, 0.4) is 0 Å². The van der Waals surface area contributed by atoms with E-state index >= 15 is 0 Å². The Hall–Kier alpha value is -1.10. The molecule has 0 saturated carbocycles. The van der Waals surface area contributed by atoms with Crippen molar-refractivity contribution in [3.63, 3.8) is 0 Å². The molecule has 5 nitrogen and oxygen atoms in total. The number of aliphatic hydroxyl groups excluding tert-OH is 1. The Labute approximate surface area is 70.4 Å². The zero-order chi connectivity index (χ0) is 9.72. The summed E-state index contributed by atoms with van der Waals surface area (Å²) in [6.45, 7) is 2.88. The summed E-state index contributed by atoms with van der Waals surface area (Å²) in [6.07, 6.45) is -0.657. The molecule has 3 N–H and O–H groups in total. The molecule has 0 aromatic carbocycles. The molecule has 2 unspecified atom stereocenters. The van der Waals surface area contributed by atoms with E-state index in [1.54, 1.807) is 0 Å². The lowest BCUT2D eigenvalue weighted by Gasteiger charge is -2.09. The number of hydrogen-bond acceptors (Lipinski definition) is 3. The van der Waals surface area contributed by atoms with Gasteiger partial charge in [0.1, 0.15) is 5.92 Å². The first-order valence-corrected chi connectivity index (χ1v) is 3.63. The highest BCUT2D eigenvalue weighted by atomic mass is 16.4. The number of aliphatic hydroxyl groups is 1. The summed E-state index contributed by atoms with van der Waals surface area (Å²) in [5.41, 5.74) is 0. The van der Waals surface area contributed by atoms with Gasteiger partial charge in [0, 0.05) is 6.54 Å². The first-order chi connectivity index (χ1) is 5.45. The molecule has 0 aromatic heterocycles. The highest BCUT2D eigenvalue weighted by molar-refractivity contribution is 5.96. The normalized spacial score (nSPS) is 14.9. The van der Waals surface area contributed by atoms with E-state index in [2.05, 4.69) is 5.32 Å². The predicted octanol–water partition coefficient (Wildman–Crippen LogP) is -0.796. The lowest BCUT2D eigenvalue weighted by atomic mass is 10.2. The van der Waals surface area contributed by atoms with Crippen molar-refractivity contribution >= 4 is 11.9 Å². The fourth-order valence-electron chi connectivity index (χ4n) is 0.514. The summed E-state index contributed by atoms with van der Waals surface area (Å²) in [5.74, 6) is -2.81. The van der Waals surface area contributed by atoms with Gasteiger partial charge in [0.15, 0.2) is 0 Å². The van der Waals surface area contributed by atoms with E-state index in [-0.39, 0.29) is 6.54 Å². The van der Waals surface area contributed by atoms with Crippen LogP contribution < -0.4 is 5.32 Å². The van der Waals surface area contributed by atoms with Crippen LogP contribution in [-0.4, -0.2) is 34.7 Å². The van der Waals surface area contributed by atoms with Gasteiger partial charge in [-0.1, -0.05) is 0 Å². The number of nitrogens with one attached hydrogen (secondary N) is 1. The second-order valence-corrected chi connectivity index (χ2v) is 2.65. The fraction of sp³-hybridized carbons (Fsp3) is 0.714. The summed E-state index contributed by atoms with van der Waals surface area (Å²) in [7, 11) is 0. The Morgan fingerprint density at radius 3 is 2.25 bits per heavy atom. The molecule has 0 saturated heterocycles. The minimum Gasteiger partial charge on any atom is -0.481 e. The van der Waals surface area contributed by atoms with E-state index < -0.39 is 23.9 Å². The van der Waals surface area contributed by atoms with Gasteiger partial charge in [-0.2, -0.15) is 0 Å². The van der Waals surface area contributed by atoms with Crippen LogP contribution in [-0.2, 0) is 9.59 Å². The van der Waals surface area contributed by atoms with Gasteiger partial charge in [-0.05, 0) is 13.8 Å². The summed E-state index contributed by atoms with van der Waals surface area (Å²) in [6, 6.07) is 0. The van der Waals surface area contributed by atoms with E-state index in [9.17, 15) is 9.59 Å². The molecule has 2 atom stereocenters. The second kappa shape index (κ2) is 4.71. The Morgan fingerprint density at radius 1 is 1.42 bits per heavy atom. The van der Waals surface area contributed by atoms with Crippen LogP contribution in [0.1, 0.15) is 13.8 Å². The van der Waals surface area contributed by atoms with Crippen molar-refractivity contribution in [3.8, 4) is 0 Å². The molecule has 12 heavy (non-hydrogen) atoms. The van der Waals surface area contributed by atoms with Crippen molar-refractivity contribution in [1.29, 1.82) is 0 Å². The Balaban J connectivity index is 3.80. The van der Waals surface area contributed by atoms with Crippen molar-refractivity contribution in [1.82, 2.24) is 5.32 Å². The van der Waals surface area contributed by atoms with Crippen LogP contribution in [0.15, 0.2) is 0 Å². The molecule has 70 valence electrons. The van der Waals surface area contributed by atoms with Gasteiger partial charge in [0.2, 0.25) is 5.91 Å². The van der Waals surface area contributed by atoms with Gasteiger partial charge in [-0.25, -0.2) is 0 Å². The first-order valence-electron chi connectivity index (χ1n) is 3.63. The monoisotopic (exact) mass is 175 g/mol. The number of aliphatic carboxylic acids is 1. The molecule has 0 aromatic rings. The number of carboxylic acids is 1. The molecule has 1 amide bonds. The van der Waals surface area contributed by atoms with Crippen LogP contribution in [0.5, 0.6) is 0 Å². The standard InChI is InChI=1S/C7H13NO4/c1-4(9)3-8-6(10)5(2)7(11)12/h4-5,9H,3H2,1-2H3,(H,8,10)(H,11,12). The summed E-state index contributed by atoms with van der Waals surface area (Å²) in [5, 5.41) is 19.4. The molecule has 0 rings (SSSR count). The van der Waals surface area contributed by atoms with Crippen LogP contribution >= 0.6 is 0 Å². The number of carboxylic acid groups (broad SMARTS) is 1. The Bertz CT molecular complexity index is 178. The first kappa shape index (κ1) is 10.9. The largest absolute Gasteiger partial charge is 0.481 e. The maximum atomic E-state index is 10.9. The predicted molar refractivity (Wildman–Crippen MR) is 41.5 cm³/mol. The summed E-state index contributed by atoms with van der Waals surface area (Å²) < 4.78 is 0. The second-order valence-electron chi connectivity index (χ2n) is 2.65. The molecule has 0 heterocycles. The number of rotatable bonds is 4. The maximum Gasteiger partial charge on any atom is 0.315 e. The van der Waals surface area contributed by atoms with Crippen LogP contribution in [0.25, 0.3) is 0 Å². The molecular weight excluding hydrogens is 162 g/mol. The van der Waals surface area contributed by atoms with Crippen LogP contribution in [0, 0.1) is 5.92 Å². The van der Waals surface area contributed by atoms with Gasteiger partial charge in [0.05, 0.1) is 6.10 Å². The van der Waals surface area contributed by atoms with E-state index in [1.807, 2.05) is 0 Å². The van der Waals surface area contributed by atoms with E-state index in [0.717, 1.165) is 0 Å². The topological polar surface area (TPSA) is 86.6 Å². The number of carbonyl (C=O) groups excluding carboxylic acids is 1. The molecule has 0 spiro atoms. The molecule has 0 fully saturated rings. The van der Waals surface area contributed by atoms with Crippen LogP contribution in [0.2, 0.25) is 0 Å². The summed E-state index contributed by atoms with van der Waals surface area (Å²) in [4.78, 5) is 21.1. The molecule has 0 aliphatic heterocycles. The number of amides is 1. The Morgan fingerprint density at radius 2 is 1.92 bits per heavy atom. The average Bonchev–Trinajstić information content (AvgIpc) is 1.98. The van der Waals surface area contributed by atoms with Crippen molar-refractivity contribution < 1.29 is 19.8 Å². The third-order valence-corrected chi connectivity index (χ3v) is 1.34. The molecular formula is C7H13NO4. The molecule has 0 aliphatic carbocycles. The smallest absolute Gasteiger partial charge is 0.315 e. The molecule has 5 heteroatoms. The number of carbonyl (C=O) groups is 2. The van der Waals surface area contributed by atoms with Crippen LogP contribution in [0.4, 0.5) is 0 Å². The van der Waals surface area contributed by atoms with E-state index in [0.29, 0.717) is 0 Å². The lowest BCUT2D eigenvalue weighted by Crippen LogP contribution is -2.37. The van der Waals surface area contributed by atoms with Crippen molar-refractivity contribution in [3.05, 3.63) is 0 Å². The maximum absolute atomic E-state index is 10.9. The van der Waals surface area contributed by atoms with Gasteiger partial charge in [0.25, 0.3) is 0 Å². The third-order valence-electron chi connectivity index (χ3n) is 1.34. The van der Waals surface area contributed by atoms with Crippen molar-refractivity contribution in [2.45, 2.75) is 20.0 Å². The van der Waals surface area contributed by atoms with Crippen molar-refractivity contribution in [2.75, 3.05) is 6.54 Å². The third kappa shape index (κ3) is 3.92. The minimum absolute atomic E-state index is 0.0798. The van der Waals surface area contributed by atoms with Gasteiger partial charge in [-0.15, -0.1) is 0 Å². The zero-order valence-electron chi connectivity index (χ0n) is 7.07. The molecule has 0 radical (unpaired) electrons. The minimum atomic E-state index is -1.17. The lowest BCUT2D eigenvalue weighted by molar-refractivity contribution is -0.146. The number of hydrogen-bond donors (Lipinski definition) is 3. The highest BCUT2D eigenvalue weighted by Gasteiger charge is 2.19. The fourth-order valence-corrected chi connectivity index (χ4v) is 0.514. The average molecular weight is 175 g/mol. The van der Waals surface area contributed by atoms with E-state index in [1.165, 1.54) is 13.8 Å². The molecule has 0 aliphatic rings. The SMILES string of the molecule is CC(O)CNC(=O)C(C)C(=O)O. The summed E-state index contributed by atoms with van der Waals surface area (Å²) >= 11 is 0. The Kier molecular flexibility index (Phi) is 4.28. The van der Waals surface area contributed by atoms with Gasteiger partial charge in [-0.3, -0.25) is 9.59 Å². The van der Waals surface area contributed by atoms with Gasteiger partial charge < -0.3 is 15.5 Å².